The normalized spacial score (nSPS) is 12.3. The van der Waals surface area contributed by atoms with Crippen LogP contribution < -0.4 is 14.6 Å². The summed E-state index contributed by atoms with van der Waals surface area (Å²) in [6, 6.07) is 0.817. The highest BCUT2D eigenvalue weighted by Crippen LogP contribution is 2.31. The molecule has 1 rings (SSSR count). The zero-order chi connectivity index (χ0) is 14.1. The van der Waals surface area contributed by atoms with Gasteiger partial charge in [-0.05, 0) is 6.92 Å². The number of sulfonamides is 1. The Morgan fingerprint density at radius 3 is 2.33 bits per heavy atom. The number of methoxy groups -OCH3 is 1. The summed E-state index contributed by atoms with van der Waals surface area (Å²) in [5.74, 6) is -1.10. The number of hydrogen-bond acceptors (Lipinski definition) is 5. The number of halogens is 3. The number of nitrogens with zero attached hydrogens (tertiary/aromatic N) is 1. The molecule has 0 unspecified atom stereocenters. The van der Waals surface area contributed by atoms with Crippen LogP contribution in [0.25, 0.3) is 0 Å². The number of nitrogens with two attached hydrogens (primary N) is 1. The molecule has 6 nitrogen and oxygen atoms in total. The van der Waals surface area contributed by atoms with E-state index in [2.05, 4.69) is 14.5 Å². The molecule has 0 atom stereocenters. The van der Waals surface area contributed by atoms with Crippen molar-refractivity contribution in [3.63, 3.8) is 0 Å². The fraction of sp³-hybridized carbons (Fsp3) is 0.375. The number of ether oxygens (including phenoxy) is 2. The molecule has 0 radical (unpaired) electrons. The smallest absolute Gasteiger partial charge is 0.481 e. The van der Waals surface area contributed by atoms with E-state index in [1.807, 2.05) is 0 Å². The SMILES string of the molecule is COc1cc(OC(F)(F)F)c(C)c(S(N)(=O)=O)n1. The van der Waals surface area contributed by atoms with Crippen LogP contribution in [0.3, 0.4) is 0 Å². The van der Waals surface area contributed by atoms with Crippen molar-refractivity contribution < 1.29 is 31.1 Å². The van der Waals surface area contributed by atoms with Gasteiger partial charge in [-0.3, -0.25) is 0 Å². The molecule has 0 fully saturated rings. The molecule has 0 saturated carbocycles. The van der Waals surface area contributed by atoms with Crippen molar-refractivity contribution in [2.75, 3.05) is 7.11 Å². The molecule has 0 aliphatic heterocycles. The molecule has 2 N–H and O–H groups in total. The van der Waals surface area contributed by atoms with Gasteiger partial charge in [0.1, 0.15) is 5.75 Å². The Morgan fingerprint density at radius 2 is 1.94 bits per heavy atom. The van der Waals surface area contributed by atoms with Gasteiger partial charge in [0.05, 0.1) is 7.11 Å². The van der Waals surface area contributed by atoms with Crippen molar-refractivity contribution >= 4 is 10.0 Å². The minimum Gasteiger partial charge on any atom is -0.481 e. The molecule has 1 heterocycles. The largest absolute Gasteiger partial charge is 0.573 e. The van der Waals surface area contributed by atoms with Gasteiger partial charge in [-0.15, -0.1) is 13.2 Å². The molecular weight excluding hydrogens is 277 g/mol. The molecule has 102 valence electrons. The standard InChI is InChI=1S/C8H9F3N2O4S/c1-4-5(17-8(9,10)11)3-6(16-2)13-7(4)18(12,14)15/h3H,1-2H3,(H2,12,14,15). The van der Waals surface area contributed by atoms with Crippen molar-refractivity contribution in [1.29, 1.82) is 0 Å². The van der Waals surface area contributed by atoms with Gasteiger partial charge >= 0.3 is 6.36 Å². The van der Waals surface area contributed by atoms with Gasteiger partial charge < -0.3 is 9.47 Å². The lowest BCUT2D eigenvalue weighted by Crippen LogP contribution is -2.21. The van der Waals surface area contributed by atoms with E-state index in [1.165, 1.54) is 0 Å². The average Bonchev–Trinajstić information content (AvgIpc) is 2.17. The van der Waals surface area contributed by atoms with E-state index in [0.717, 1.165) is 20.1 Å². The monoisotopic (exact) mass is 286 g/mol. The molecule has 10 heteroatoms. The number of hydrogen-bond donors (Lipinski definition) is 1. The molecule has 0 aliphatic carbocycles. The van der Waals surface area contributed by atoms with Gasteiger partial charge in [0.2, 0.25) is 5.88 Å². The van der Waals surface area contributed by atoms with Crippen LogP contribution in [0.2, 0.25) is 0 Å². The minimum atomic E-state index is -4.97. The van der Waals surface area contributed by atoms with Crippen LogP contribution >= 0.6 is 0 Å². The molecular formula is C8H9F3N2O4S. The third kappa shape index (κ3) is 3.47. The van der Waals surface area contributed by atoms with Crippen molar-refractivity contribution in [3.8, 4) is 11.6 Å². The van der Waals surface area contributed by atoms with Crippen LogP contribution in [-0.4, -0.2) is 26.9 Å². The quantitative estimate of drug-likeness (QED) is 0.893. The first kappa shape index (κ1) is 14.5. The summed E-state index contributed by atoms with van der Waals surface area (Å²) in [5.41, 5.74) is -0.351. The van der Waals surface area contributed by atoms with Gasteiger partial charge in [-0.25, -0.2) is 13.6 Å². The topological polar surface area (TPSA) is 91.5 Å². The van der Waals surface area contributed by atoms with Crippen LogP contribution in [0.4, 0.5) is 13.2 Å². The molecule has 0 aromatic carbocycles. The summed E-state index contributed by atoms with van der Waals surface area (Å²) >= 11 is 0. The molecule has 0 spiro atoms. The Morgan fingerprint density at radius 1 is 1.39 bits per heavy atom. The highest BCUT2D eigenvalue weighted by atomic mass is 32.2. The first-order chi connectivity index (χ1) is 8.04. The molecule has 1 aromatic rings. The Bertz CT molecular complexity index is 556. The highest BCUT2D eigenvalue weighted by molar-refractivity contribution is 7.89. The molecule has 0 amide bonds. The lowest BCUT2D eigenvalue weighted by molar-refractivity contribution is -0.275. The first-order valence-electron chi connectivity index (χ1n) is 4.39. The van der Waals surface area contributed by atoms with Gasteiger partial charge in [0, 0.05) is 11.6 Å². The maximum atomic E-state index is 12.1. The molecule has 0 bridgehead atoms. The van der Waals surface area contributed by atoms with Crippen LogP contribution in [0, 0.1) is 6.92 Å². The van der Waals surface area contributed by atoms with Gasteiger partial charge in [0.15, 0.2) is 5.03 Å². The van der Waals surface area contributed by atoms with Crippen molar-refractivity contribution in [2.45, 2.75) is 18.3 Å². The Balaban J connectivity index is 3.44. The summed E-state index contributed by atoms with van der Waals surface area (Å²) in [6.07, 6.45) is -4.97. The Labute approximate surface area is 101 Å². The lowest BCUT2D eigenvalue weighted by atomic mass is 10.3. The number of aromatic nitrogens is 1. The van der Waals surface area contributed by atoms with E-state index in [9.17, 15) is 21.6 Å². The first-order valence-corrected chi connectivity index (χ1v) is 5.93. The maximum absolute atomic E-state index is 12.1. The number of rotatable bonds is 3. The fourth-order valence-electron chi connectivity index (χ4n) is 1.15. The van der Waals surface area contributed by atoms with Crippen molar-refractivity contribution in [3.05, 3.63) is 11.6 Å². The third-order valence-electron chi connectivity index (χ3n) is 1.86. The second-order valence-electron chi connectivity index (χ2n) is 3.19. The van der Waals surface area contributed by atoms with E-state index in [4.69, 9.17) is 5.14 Å². The van der Waals surface area contributed by atoms with E-state index < -0.39 is 27.2 Å². The molecule has 18 heavy (non-hydrogen) atoms. The summed E-state index contributed by atoms with van der Waals surface area (Å²) in [7, 11) is -3.17. The second kappa shape index (κ2) is 4.61. The zero-order valence-corrected chi connectivity index (χ0v) is 10.1. The predicted molar refractivity (Wildman–Crippen MR) is 53.6 cm³/mol. The third-order valence-corrected chi connectivity index (χ3v) is 2.80. The number of primary sulfonamides is 1. The predicted octanol–water partition coefficient (Wildman–Crippen LogP) is 0.945. The van der Waals surface area contributed by atoms with Crippen LogP contribution in [0.15, 0.2) is 11.1 Å². The second-order valence-corrected chi connectivity index (χ2v) is 4.66. The summed E-state index contributed by atoms with van der Waals surface area (Å²) in [6.45, 7) is 1.09. The van der Waals surface area contributed by atoms with Crippen molar-refractivity contribution in [2.24, 2.45) is 5.14 Å². The fourth-order valence-corrected chi connectivity index (χ4v) is 1.90. The van der Waals surface area contributed by atoms with Crippen LogP contribution in [-0.2, 0) is 10.0 Å². The Kier molecular flexibility index (Phi) is 3.72. The van der Waals surface area contributed by atoms with E-state index >= 15 is 0 Å². The average molecular weight is 286 g/mol. The lowest BCUT2D eigenvalue weighted by Gasteiger charge is -2.14. The van der Waals surface area contributed by atoms with Crippen molar-refractivity contribution in [1.82, 2.24) is 4.98 Å². The molecule has 0 aliphatic rings. The highest BCUT2D eigenvalue weighted by Gasteiger charge is 2.33. The van der Waals surface area contributed by atoms with E-state index in [0.29, 0.717) is 0 Å². The summed E-state index contributed by atoms with van der Waals surface area (Å²) in [5, 5.41) is 4.10. The van der Waals surface area contributed by atoms with Gasteiger partial charge in [0.25, 0.3) is 10.0 Å². The molecule has 1 aromatic heterocycles. The summed E-state index contributed by atoms with van der Waals surface area (Å²) < 4.78 is 66.9. The number of pyridine rings is 1. The van der Waals surface area contributed by atoms with Crippen LogP contribution in [0.5, 0.6) is 11.6 Å². The van der Waals surface area contributed by atoms with Gasteiger partial charge in [-0.2, -0.15) is 4.98 Å². The minimum absolute atomic E-state index is 0.351. The van der Waals surface area contributed by atoms with E-state index in [1.54, 1.807) is 0 Å². The maximum Gasteiger partial charge on any atom is 0.573 e. The Hall–Kier alpha value is -1.55. The summed E-state index contributed by atoms with van der Waals surface area (Å²) in [4.78, 5) is 3.47. The number of alkyl halides is 3. The van der Waals surface area contributed by atoms with Crippen LogP contribution in [0.1, 0.15) is 5.56 Å². The van der Waals surface area contributed by atoms with Gasteiger partial charge in [-0.1, -0.05) is 0 Å². The zero-order valence-electron chi connectivity index (χ0n) is 9.28. The molecule has 0 saturated heterocycles. The van der Waals surface area contributed by atoms with E-state index in [-0.39, 0.29) is 11.4 Å².